The molecule has 2 heterocycles. The lowest BCUT2D eigenvalue weighted by Crippen LogP contribution is -2.22. The van der Waals surface area contributed by atoms with E-state index in [0.29, 0.717) is 23.1 Å². The second kappa shape index (κ2) is 6.58. The molecule has 0 fully saturated rings. The highest BCUT2D eigenvalue weighted by Gasteiger charge is 2.36. The number of amides is 1. The third-order valence-electron chi connectivity index (χ3n) is 4.83. The van der Waals surface area contributed by atoms with Gasteiger partial charge in [0.15, 0.2) is 5.43 Å². The quantitative estimate of drug-likeness (QED) is 0.760. The van der Waals surface area contributed by atoms with E-state index in [1.54, 1.807) is 6.07 Å². The molecule has 3 aromatic rings. The first-order valence-corrected chi connectivity index (χ1v) is 9.11. The van der Waals surface area contributed by atoms with Gasteiger partial charge in [0.1, 0.15) is 11.3 Å². The van der Waals surface area contributed by atoms with Crippen LogP contribution in [0.1, 0.15) is 52.2 Å². The summed E-state index contributed by atoms with van der Waals surface area (Å²) in [5.74, 6) is 0.510. The summed E-state index contributed by atoms with van der Waals surface area (Å²) in [6.45, 7) is 6.52. The predicted octanol–water partition coefficient (Wildman–Crippen LogP) is 4.03. The van der Waals surface area contributed by atoms with E-state index in [1.807, 2.05) is 51.1 Å². The summed E-state index contributed by atoms with van der Waals surface area (Å²) in [6, 6.07) is 10.7. The van der Waals surface area contributed by atoms with E-state index in [9.17, 15) is 9.59 Å². The van der Waals surface area contributed by atoms with Gasteiger partial charge in [-0.1, -0.05) is 25.1 Å². The van der Waals surface area contributed by atoms with Gasteiger partial charge in [-0.25, -0.2) is 0 Å². The largest absolute Gasteiger partial charge is 0.494 e. The molecule has 1 aromatic heterocycles. The Morgan fingerprint density at radius 2 is 1.85 bits per heavy atom. The van der Waals surface area contributed by atoms with Crippen LogP contribution in [0.4, 0.5) is 0 Å². The van der Waals surface area contributed by atoms with Crippen molar-refractivity contribution >= 4 is 16.9 Å². The van der Waals surface area contributed by atoms with Gasteiger partial charge in [-0.3, -0.25) is 9.59 Å². The molecule has 27 heavy (non-hydrogen) atoms. The number of benzene rings is 2. The lowest BCUT2D eigenvalue weighted by Gasteiger charge is -2.13. The summed E-state index contributed by atoms with van der Waals surface area (Å²) < 4.78 is 11.5. The summed E-state index contributed by atoms with van der Waals surface area (Å²) in [4.78, 5) is 25.7. The van der Waals surface area contributed by atoms with Crippen LogP contribution in [0.2, 0.25) is 0 Å². The van der Waals surface area contributed by atoms with Crippen LogP contribution in [0.15, 0.2) is 45.6 Å². The van der Waals surface area contributed by atoms with Gasteiger partial charge in [0.05, 0.1) is 23.6 Å². The van der Waals surface area contributed by atoms with E-state index in [4.69, 9.17) is 9.15 Å². The van der Waals surface area contributed by atoms with E-state index in [2.05, 4.69) is 5.32 Å². The molecule has 5 nitrogen and oxygen atoms in total. The molecule has 1 aliphatic rings. The van der Waals surface area contributed by atoms with Gasteiger partial charge in [0.2, 0.25) is 5.76 Å². The van der Waals surface area contributed by atoms with Crippen LogP contribution < -0.4 is 15.5 Å². The van der Waals surface area contributed by atoms with Crippen LogP contribution in [0.25, 0.3) is 11.0 Å². The van der Waals surface area contributed by atoms with Crippen molar-refractivity contribution in [2.45, 2.75) is 33.2 Å². The molecule has 1 unspecified atom stereocenters. The molecule has 138 valence electrons. The molecule has 0 radical (unpaired) electrons. The van der Waals surface area contributed by atoms with E-state index < -0.39 is 6.04 Å². The Balaban J connectivity index is 1.83. The van der Waals surface area contributed by atoms with Gasteiger partial charge in [-0.05, 0) is 55.2 Å². The predicted molar refractivity (Wildman–Crippen MR) is 103 cm³/mol. The first kappa shape index (κ1) is 17.3. The number of fused-ring (bicyclic) bond motifs is 2. The fourth-order valence-corrected chi connectivity index (χ4v) is 3.63. The Morgan fingerprint density at radius 1 is 1.11 bits per heavy atom. The van der Waals surface area contributed by atoms with E-state index in [-0.39, 0.29) is 17.1 Å². The topological polar surface area (TPSA) is 68.5 Å². The minimum atomic E-state index is -0.519. The number of hydrogen-bond acceptors (Lipinski definition) is 4. The Labute approximate surface area is 157 Å². The second-order valence-electron chi connectivity index (χ2n) is 6.95. The molecule has 0 saturated carbocycles. The summed E-state index contributed by atoms with van der Waals surface area (Å²) in [7, 11) is 0. The van der Waals surface area contributed by atoms with Crippen LogP contribution in [0.5, 0.6) is 5.75 Å². The van der Waals surface area contributed by atoms with Gasteiger partial charge in [0, 0.05) is 0 Å². The maximum Gasteiger partial charge on any atom is 0.288 e. The minimum Gasteiger partial charge on any atom is -0.494 e. The van der Waals surface area contributed by atoms with E-state index in [0.717, 1.165) is 28.9 Å². The lowest BCUT2D eigenvalue weighted by molar-refractivity contribution is 0.0938. The van der Waals surface area contributed by atoms with Crippen molar-refractivity contribution in [2.75, 3.05) is 6.61 Å². The molecule has 0 aliphatic carbocycles. The van der Waals surface area contributed by atoms with Crippen molar-refractivity contribution in [1.82, 2.24) is 5.32 Å². The van der Waals surface area contributed by atoms with Crippen molar-refractivity contribution in [3.63, 3.8) is 0 Å². The first-order valence-electron chi connectivity index (χ1n) is 9.11. The number of hydrogen-bond donors (Lipinski definition) is 1. The number of carbonyl (C=O) groups excluding carboxylic acids is 1. The normalized spacial score (nSPS) is 15.7. The van der Waals surface area contributed by atoms with Crippen molar-refractivity contribution in [3.05, 3.63) is 74.6 Å². The van der Waals surface area contributed by atoms with Gasteiger partial charge in [-0.15, -0.1) is 0 Å². The number of nitrogens with one attached hydrogen (secondary N) is 1. The standard InChI is InChI=1S/C22H21NO4/c1-4-9-26-15-7-5-14(6-8-15)19-18-20(24)17-13(3)10-12(2)11-16(17)27-21(18)22(25)23-19/h5-8,10-11,19H,4,9H2,1-3H3,(H,23,25). The summed E-state index contributed by atoms with van der Waals surface area (Å²) in [6.07, 6.45) is 0.931. The van der Waals surface area contributed by atoms with Gasteiger partial charge >= 0.3 is 0 Å². The molecule has 1 amide bonds. The van der Waals surface area contributed by atoms with Crippen LogP contribution in [-0.4, -0.2) is 12.5 Å². The fraction of sp³-hybridized carbons (Fsp3) is 0.273. The average Bonchev–Trinajstić information content (AvgIpc) is 2.97. The Kier molecular flexibility index (Phi) is 4.22. The number of carbonyl (C=O) groups is 1. The Bertz CT molecular complexity index is 1100. The summed E-state index contributed by atoms with van der Waals surface area (Å²) >= 11 is 0. The van der Waals surface area contributed by atoms with Gasteiger partial charge < -0.3 is 14.5 Å². The zero-order valence-electron chi connectivity index (χ0n) is 15.6. The van der Waals surface area contributed by atoms with Gasteiger partial charge in [-0.2, -0.15) is 0 Å². The zero-order valence-corrected chi connectivity index (χ0v) is 15.6. The van der Waals surface area contributed by atoms with E-state index in [1.165, 1.54) is 0 Å². The maximum atomic E-state index is 13.2. The molecule has 4 rings (SSSR count). The minimum absolute atomic E-state index is 0.105. The third kappa shape index (κ3) is 2.89. The maximum absolute atomic E-state index is 13.2. The van der Waals surface area contributed by atoms with Crippen molar-refractivity contribution in [2.24, 2.45) is 0 Å². The van der Waals surface area contributed by atoms with Crippen LogP contribution in [0, 0.1) is 13.8 Å². The smallest absolute Gasteiger partial charge is 0.288 e. The molecule has 2 aromatic carbocycles. The van der Waals surface area contributed by atoms with Crippen molar-refractivity contribution < 1.29 is 13.9 Å². The number of aryl methyl sites for hydroxylation is 2. The highest BCUT2D eigenvalue weighted by Crippen LogP contribution is 2.32. The Morgan fingerprint density at radius 3 is 2.56 bits per heavy atom. The van der Waals surface area contributed by atoms with Crippen molar-refractivity contribution in [1.29, 1.82) is 0 Å². The SMILES string of the molecule is CCCOc1ccc(C2NC(=O)c3oc4cc(C)cc(C)c4c(=O)c32)cc1. The molecule has 0 bridgehead atoms. The van der Waals surface area contributed by atoms with Crippen LogP contribution in [-0.2, 0) is 0 Å². The monoisotopic (exact) mass is 363 g/mol. The lowest BCUT2D eigenvalue weighted by atomic mass is 9.97. The fourth-order valence-electron chi connectivity index (χ4n) is 3.63. The third-order valence-corrected chi connectivity index (χ3v) is 4.83. The summed E-state index contributed by atoms with van der Waals surface area (Å²) in [5.41, 5.74) is 3.33. The molecule has 1 aliphatic heterocycles. The van der Waals surface area contributed by atoms with Crippen molar-refractivity contribution in [3.8, 4) is 5.75 Å². The number of rotatable bonds is 4. The summed E-state index contributed by atoms with van der Waals surface area (Å²) in [5, 5.41) is 3.41. The van der Waals surface area contributed by atoms with Crippen LogP contribution in [0.3, 0.4) is 0 Å². The second-order valence-corrected chi connectivity index (χ2v) is 6.95. The molecule has 1 atom stereocenters. The van der Waals surface area contributed by atoms with Gasteiger partial charge in [0.25, 0.3) is 5.91 Å². The molecular weight excluding hydrogens is 342 g/mol. The average molecular weight is 363 g/mol. The molecule has 0 saturated heterocycles. The highest BCUT2D eigenvalue weighted by molar-refractivity contribution is 5.99. The molecule has 1 N–H and O–H groups in total. The first-order chi connectivity index (χ1) is 13.0. The highest BCUT2D eigenvalue weighted by atomic mass is 16.5. The zero-order chi connectivity index (χ0) is 19.1. The molecule has 0 spiro atoms. The van der Waals surface area contributed by atoms with Crippen LogP contribution >= 0.6 is 0 Å². The number of ether oxygens (including phenoxy) is 1. The molecular formula is C22H21NO4. The Hall–Kier alpha value is -3.08. The molecule has 5 heteroatoms. The van der Waals surface area contributed by atoms with E-state index >= 15 is 0 Å².